The van der Waals surface area contributed by atoms with Crippen molar-refractivity contribution in [2.24, 2.45) is 5.92 Å². The minimum Gasteiger partial charge on any atom is -0.342 e. The number of rotatable bonds is 1. The molecule has 2 amide bonds. The molecule has 1 unspecified atom stereocenters. The van der Waals surface area contributed by atoms with Gasteiger partial charge in [0.2, 0.25) is 11.8 Å². The van der Waals surface area contributed by atoms with E-state index in [4.69, 9.17) is 0 Å². The van der Waals surface area contributed by atoms with Crippen LogP contribution < -0.4 is 0 Å². The van der Waals surface area contributed by atoms with E-state index in [1.807, 2.05) is 30.6 Å². The van der Waals surface area contributed by atoms with Crippen molar-refractivity contribution in [3.63, 3.8) is 0 Å². The van der Waals surface area contributed by atoms with Crippen molar-refractivity contribution < 1.29 is 9.59 Å². The van der Waals surface area contributed by atoms with Crippen LogP contribution in [-0.2, 0) is 9.59 Å². The van der Waals surface area contributed by atoms with E-state index in [1.165, 1.54) is 0 Å². The van der Waals surface area contributed by atoms with E-state index in [1.54, 1.807) is 0 Å². The molecule has 0 aliphatic carbocycles. The summed E-state index contributed by atoms with van der Waals surface area (Å²) < 4.78 is 0. The Balaban J connectivity index is 2.01. The molecule has 0 radical (unpaired) electrons. The fourth-order valence-corrected chi connectivity index (χ4v) is 2.72. The third-order valence-electron chi connectivity index (χ3n) is 3.70. The smallest absolute Gasteiger partial charge is 0.227 e. The molecule has 2 heterocycles. The van der Waals surface area contributed by atoms with E-state index < -0.39 is 0 Å². The monoisotopic (exact) mass is 238 g/mol. The molecule has 0 saturated carbocycles. The minimum atomic E-state index is -0.170. The van der Waals surface area contributed by atoms with Gasteiger partial charge in [-0.1, -0.05) is 0 Å². The van der Waals surface area contributed by atoms with Gasteiger partial charge in [-0.25, -0.2) is 0 Å². The van der Waals surface area contributed by atoms with Gasteiger partial charge in [-0.2, -0.15) is 0 Å². The molecule has 4 nitrogen and oxygen atoms in total. The Morgan fingerprint density at radius 1 is 1.24 bits per heavy atom. The molecule has 2 saturated heterocycles. The molecular weight excluding hydrogens is 216 g/mol. The van der Waals surface area contributed by atoms with E-state index in [9.17, 15) is 9.59 Å². The normalized spacial score (nSPS) is 25.8. The highest BCUT2D eigenvalue weighted by Crippen LogP contribution is 2.27. The standard InChI is InChI=1S/C13H22N2O2/c1-13(2,3)15-9-10(8-11(15)16)12(17)14-6-4-5-7-14/h10H,4-9H2,1-3H3. The maximum Gasteiger partial charge on any atom is 0.227 e. The van der Waals surface area contributed by atoms with E-state index in [-0.39, 0.29) is 23.3 Å². The van der Waals surface area contributed by atoms with Crippen LogP contribution in [-0.4, -0.2) is 46.8 Å². The van der Waals surface area contributed by atoms with Gasteiger partial charge in [-0.15, -0.1) is 0 Å². The first-order chi connectivity index (χ1) is 7.89. The Bertz CT molecular complexity index is 327. The van der Waals surface area contributed by atoms with Gasteiger partial charge < -0.3 is 9.80 Å². The van der Waals surface area contributed by atoms with Gasteiger partial charge in [0.15, 0.2) is 0 Å². The quantitative estimate of drug-likeness (QED) is 0.690. The topological polar surface area (TPSA) is 40.6 Å². The lowest BCUT2D eigenvalue weighted by atomic mass is 10.1. The lowest BCUT2D eigenvalue weighted by Gasteiger charge is -2.32. The lowest BCUT2D eigenvalue weighted by Crippen LogP contribution is -2.43. The summed E-state index contributed by atoms with van der Waals surface area (Å²) in [7, 11) is 0. The number of carbonyl (C=O) groups excluding carboxylic acids is 2. The van der Waals surface area contributed by atoms with Crippen LogP contribution in [0.2, 0.25) is 0 Å². The number of likely N-dealkylation sites (tertiary alicyclic amines) is 2. The summed E-state index contributed by atoms with van der Waals surface area (Å²) in [5.41, 5.74) is -0.170. The second kappa shape index (κ2) is 4.31. The van der Waals surface area contributed by atoms with Gasteiger partial charge in [0.25, 0.3) is 0 Å². The van der Waals surface area contributed by atoms with Crippen LogP contribution in [0.25, 0.3) is 0 Å². The number of hydrogen-bond acceptors (Lipinski definition) is 2. The van der Waals surface area contributed by atoms with Crippen molar-refractivity contribution in [3.8, 4) is 0 Å². The summed E-state index contributed by atoms with van der Waals surface area (Å²) in [4.78, 5) is 27.9. The highest BCUT2D eigenvalue weighted by atomic mass is 16.2. The number of nitrogens with zero attached hydrogens (tertiary/aromatic N) is 2. The molecule has 0 spiro atoms. The predicted molar refractivity (Wildman–Crippen MR) is 65.4 cm³/mol. The molecule has 0 N–H and O–H groups in total. The molecule has 2 aliphatic heterocycles. The third-order valence-corrected chi connectivity index (χ3v) is 3.70. The fraction of sp³-hybridized carbons (Fsp3) is 0.846. The molecule has 17 heavy (non-hydrogen) atoms. The van der Waals surface area contributed by atoms with Crippen LogP contribution in [0.3, 0.4) is 0 Å². The number of carbonyl (C=O) groups is 2. The van der Waals surface area contributed by atoms with Gasteiger partial charge in [0.05, 0.1) is 5.92 Å². The second-order valence-electron chi connectivity index (χ2n) is 6.11. The van der Waals surface area contributed by atoms with E-state index in [2.05, 4.69) is 0 Å². The summed E-state index contributed by atoms with van der Waals surface area (Å²) in [5, 5.41) is 0. The average Bonchev–Trinajstić information content (AvgIpc) is 2.83. The van der Waals surface area contributed by atoms with Crippen LogP contribution in [0.4, 0.5) is 0 Å². The minimum absolute atomic E-state index is 0.111. The second-order valence-corrected chi connectivity index (χ2v) is 6.11. The first-order valence-corrected chi connectivity index (χ1v) is 6.49. The average molecular weight is 238 g/mol. The molecule has 2 fully saturated rings. The van der Waals surface area contributed by atoms with Crippen molar-refractivity contribution >= 4 is 11.8 Å². The molecule has 0 aromatic carbocycles. The van der Waals surface area contributed by atoms with Crippen molar-refractivity contribution in [2.45, 2.75) is 45.6 Å². The summed E-state index contributed by atoms with van der Waals surface area (Å²) in [5.74, 6) is 0.192. The van der Waals surface area contributed by atoms with Gasteiger partial charge in [-0.05, 0) is 33.6 Å². The molecular formula is C13H22N2O2. The van der Waals surface area contributed by atoms with Crippen LogP contribution >= 0.6 is 0 Å². The maximum absolute atomic E-state index is 12.2. The molecule has 0 aromatic heterocycles. The van der Waals surface area contributed by atoms with Gasteiger partial charge in [-0.3, -0.25) is 9.59 Å². The number of amides is 2. The van der Waals surface area contributed by atoms with Crippen LogP contribution in [0.5, 0.6) is 0 Å². The van der Waals surface area contributed by atoms with Crippen LogP contribution in [0.1, 0.15) is 40.0 Å². The van der Waals surface area contributed by atoms with Crippen LogP contribution in [0.15, 0.2) is 0 Å². The predicted octanol–water partition coefficient (Wildman–Crippen LogP) is 1.26. The number of hydrogen-bond donors (Lipinski definition) is 0. The van der Waals surface area contributed by atoms with E-state index >= 15 is 0 Å². The maximum atomic E-state index is 12.2. The van der Waals surface area contributed by atoms with Crippen molar-refractivity contribution in [1.29, 1.82) is 0 Å². The summed E-state index contributed by atoms with van der Waals surface area (Å²) in [6.07, 6.45) is 2.61. The summed E-state index contributed by atoms with van der Waals surface area (Å²) in [6.45, 7) is 8.41. The first-order valence-electron chi connectivity index (χ1n) is 6.49. The van der Waals surface area contributed by atoms with Crippen molar-refractivity contribution in [1.82, 2.24) is 9.80 Å². The van der Waals surface area contributed by atoms with Gasteiger partial charge in [0, 0.05) is 31.6 Å². The van der Waals surface area contributed by atoms with Crippen molar-refractivity contribution in [3.05, 3.63) is 0 Å². The molecule has 2 aliphatic rings. The lowest BCUT2D eigenvalue weighted by molar-refractivity contribution is -0.135. The zero-order chi connectivity index (χ0) is 12.6. The highest BCUT2D eigenvalue weighted by Gasteiger charge is 2.41. The zero-order valence-electron chi connectivity index (χ0n) is 11.0. The Kier molecular flexibility index (Phi) is 3.15. The van der Waals surface area contributed by atoms with Gasteiger partial charge >= 0.3 is 0 Å². The molecule has 4 heteroatoms. The molecule has 0 bridgehead atoms. The Morgan fingerprint density at radius 3 is 2.29 bits per heavy atom. The summed E-state index contributed by atoms with van der Waals surface area (Å²) >= 11 is 0. The zero-order valence-corrected chi connectivity index (χ0v) is 11.0. The fourth-order valence-electron chi connectivity index (χ4n) is 2.72. The largest absolute Gasteiger partial charge is 0.342 e. The van der Waals surface area contributed by atoms with Gasteiger partial charge in [0.1, 0.15) is 0 Å². The van der Waals surface area contributed by atoms with E-state index in [0.29, 0.717) is 13.0 Å². The Labute approximate surface area is 103 Å². The molecule has 2 rings (SSSR count). The highest BCUT2D eigenvalue weighted by molar-refractivity contribution is 5.89. The Morgan fingerprint density at radius 2 is 1.82 bits per heavy atom. The Hall–Kier alpha value is -1.06. The SMILES string of the molecule is CC(C)(C)N1CC(C(=O)N2CCCC2)CC1=O. The molecule has 0 aromatic rings. The molecule has 1 atom stereocenters. The van der Waals surface area contributed by atoms with Crippen molar-refractivity contribution in [2.75, 3.05) is 19.6 Å². The molecule has 96 valence electrons. The first kappa shape index (κ1) is 12.4. The van der Waals surface area contributed by atoms with E-state index in [0.717, 1.165) is 25.9 Å². The summed E-state index contributed by atoms with van der Waals surface area (Å²) in [6, 6.07) is 0. The van der Waals surface area contributed by atoms with Crippen LogP contribution in [0, 0.1) is 5.92 Å². The third kappa shape index (κ3) is 2.45.